The zero-order valence-corrected chi connectivity index (χ0v) is 15.4. The average molecular weight is 343 g/mol. The number of halogens is 1. The Labute approximate surface area is 148 Å². The predicted molar refractivity (Wildman–Crippen MR) is 96.8 cm³/mol. The summed E-state index contributed by atoms with van der Waals surface area (Å²) in [6, 6.07) is 6.28. The van der Waals surface area contributed by atoms with E-state index in [1.807, 2.05) is 9.58 Å². The average Bonchev–Trinajstić information content (AvgIpc) is 3.22. The van der Waals surface area contributed by atoms with E-state index < -0.39 is 0 Å². The summed E-state index contributed by atoms with van der Waals surface area (Å²) < 4.78 is 15.1. The molecule has 0 radical (unpaired) electrons. The molecule has 1 fully saturated rings. The van der Waals surface area contributed by atoms with Gasteiger partial charge in [0, 0.05) is 13.1 Å². The topological polar surface area (TPSA) is 38.1 Å². The lowest BCUT2D eigenvalue weighted by atomic mass is 9.97. The maximum absolute atomic E-state index is 13.3. The first-order chi connectivity index (χ1) is 11.9. The maximum atomic E-state index is 13.3. The van der Waals surface area contributed by atoms with Gasteiger partial charge in [0.25, 0.3) is 5.91 Å². The zero-order chi connectivity index (χ0) is 18.1. The molecule has 1 aromatic heterocycles. The Kier molecular flexibility index (Phi) is 4.93. The molecule has 5 heteroatoms. The van der Waals surface area contributed by atoms with Gasteiger partial charge >= 0.3 is 0 Å². The van der Waals surface area contributed by atoms with Crippen LogP contribution in [0.25, 0.3) is 5.69 Å². The molecule has 0 atom stereocenters. The van der Waals surface area contributed by atoms with Crippen LogP contribution >= 0.6 is 0 Å². The van der Waals surface area contributed by atoms with Crippen LogP contribution in [0.4, 0.5) is 4.39 Å². The molecule has 134 valence electrons. The molecule has 2 heterocycles. The number of aromatic nitrogens is 2. The van der Waals surface area contributed by atoms with E-state index in [2.05, 4.69) is 27.7 Å². The molecule has 1 amide bonds. The number of carbonyl (C=O) groups excluding carboxylic acids is 1. The maximum Gasteiger partial charge on any atom is 0.257 e. The highest BCUT2D eigenvalue weighted by Gasteiger charge is 2.31. The second-order valence-corrected chi connectivity index (χ2v) is 7.34. The van der Waals surface area contributed by atoms with Gasteiger partial charge in [0.2, 0.25) is 0 Å². The molecule has 1 saturated heterocycles. The molecular weight excluding hydrogens is 317 g/mol. The number of nitrogens with zero attached hydrogens (tertiary/aromatic N) is 3. The van der Waals surface area contributed by atoms with Gasteiger partial charge in [-0.2, -0.15) is 5.10 Å². The van der Waals surface area contributed by atoms with Gasteiger partial charge in [-0.15, -0.1) is 0 Å². The molecule has 0 N–H and O–H groups in total. The molecule has 1 aromatic carbocycles. The lowest BCUT2D eigenvalue weighted by molar-refractivity contribution is 0.0789. The van der Waals surface area contributed by atoms with Gasteiger partial charge in [0.15, 0.2) is 0 Å². The molecule has 1 aliphatic heterocycles. The van der Waals surface area contributed by atoms with Crippen LogP contribution in [-0.2, 0) is 0 Å². The van der Waals surface area contributed by atoms with Crippen molar-refractivity contribution in [1.82, 2.24) is 14.7 Å². The minimum absolute atomic E-state index is 0.0817. The number of amides is 1. The first-order valence-corrected chi connectivity index (χ1v) is 9.08. The predicted octanol–water partition coefficient (Wildman–Crippen LogP) is 4.49. The van der Waals surface area contributed by atoms with Crippen molar-refractivity contribution in [2.24, 2.45) is 0 Å². The van der Waals surface area contributed by atoms with E-state index in [1.54, 1.807) is 12.1 Å². The smallest absolute Gasteiger partial charge is 0.257 e. The number of hydrogen-bond donors (Lipinski definition) is 0. The molecule has 25 heavy (non-hydrogen) atoms. The van der Waals surface area contributed by atoms with Crippen LogP contribution in [-0.4, -0.2) is 33.7 Å². The summed E-state index contributed by atoms with van der Waals surface area (Å²) >= 11 is 0. The van der Waals surface area contributed by atoms with Crippen molar-refractivity contribution in [3.63, 3.8) is 0 Å². The highest BCUT2D eigenvalue weighted by Crippen LogP contribution is 2.31. The first-order valence-electron chi connectivity index (χ1n) is 9.08. The molecule has 2 aromatic rings. The highest BCUT2D eigenvalue weighted by molar-refractivity contribution is 5.97. The Morgan fingerprint density at radius 3 is 2.16 bits per heavy atom. The van der Waals surface area contributed by atoms with Gasteiger partial charge in [-0.25, -0.2) is 9.07 Å². The SMILES string of the molecule is CC(C)c1nn(-c2ccc(F)cc2)c(C(C)C)c1C(=O)N1CCCC1. The fourth-order valence-corrected chi connectivity index (χ4v) is 3.46. The first kappa shape index (κ1) is 17.6. The lowest BCUT2D eigenvalue weighted by Crippen LogP contribution is -2.29. The third-order valence-corrected chi connectivity index (χ3v) is 4.72. The van der Waals surface area contributed by atoms with Crippen molar-refractivity contribution in [1.29, 1.82) is 0 Å². The van der Waals surface area contributed by atoms with Crippen LogP contribution < -0.4 is 0 Å². The summed E-state index contributed by atoms with van der Waals surface area (Å²) in [5.74, 6) is 0.0741. The van der Waals surface area contributed by atoms with Crippen molar-refractivity contribution >= 4 is 5.91 Å². The molecule has 1 aliphatic rings. The third-order valence-electron chi connectivity index (χ3n) is 4.72. The number of likely N-dealkylation sites (tertiary alicyclic amines) is 1. The van der Waals surface area contributed by atoms with Crippen molar-refractivity contribution in [3.05, 3.63) is 47.0 Å². The van der Waals surface area contributed by atoms with E-state index in [-0.39, 0.29) is 23.6 Å². The molecule has 4 nitrogen and oxygen atoms in total. The monoisotopic (exact) mass is 343 g/mol. The Morgan fingerprint density at radius 1 is 1.04 bits per heavy atom. The van der Waals surface area contributed by atoms with Crippen LogP contribution in [0.15, 0.2) is 24.3 Å². The molecule has 0 aliphatic carbocycles. The summed E-state index contributed by atoms with van der Waals surface area (Å²) in [4.78, 5) is 15.1. The number of carbonyl (C=O) groups is 1. The second kappa shape index (κ2) is 6.98. The fraction of sp³-hybridized carbons (Fsp3) is 0.500. The van der Waals surface area contributed by atoms with Gasteiger partial charge in [-0.05, 0) is 48.9 Å². The van der Waals surface area contributed by atoms with Crippen LogP contribution in [0.1, 0.15) is 74.1 Å². The van der Waals surface area contributed by atoms with Gasteiger partial charge < -0.3 is 4.90 Å². The summed E-state index contributed by atoms with van der Waals surface area (Å²) in [5.41, 5.74) is 3.25. The van der Waals surface area contributed by atoms with E-state index >= 15 is 0 Å². The Balaban J connectivity index is 2.17. The van der Waals surface area contributed by atoms with Gasteiger partial charge in [0.1, 0.15) is 5.82 Å². The van der Waals surface area contributed by atoms with Gasteiger partial charge in [-0.1, -0.05) is 27.7 Å². The minimum atomic E-state index is -0.278. The molecule has 3 rings (SSSR count). The van der Waals surface area contributed by atoms with E-state index in [0.717, 1.165) is 48.6 Å². The molecule has 0 spiro atoms. The van der Waals surface area contributed by atoms with Crippen molar-refractivity contribution in [2.45, 2.75) is 52.4 Å². The van der Waals surface area contributed by atoms with E-state index in [9.17, 15) is 9.18 Å². The quantitative estimate of drug-likeness (QED) is 0.820. The summed E-state index contributed by atoms with van der Waals surface area (Å²) in [6.07, 6.45) is 2.12. The molecular formula is C20H26FN3O. The van der Waals surface area contributed by atoms with E-state index in [4.69, 9.17) is 5.10 Å². The second-order valence-electron chi connectivity index (χ2n) is 7.34. The summed E-state index contributed by atoms with van der Waals surface area (Å²) in [5, 5.41) is 4.77. The zero-order valence-electron chi connectivity index (χ0n) is 15.4. The van der Waals surface area contributed by atoms with Crippen molar-refractivity contribution < 1.29 is 9.18 Å². The molecule has 0 saturated carbocycles. The van der Waals surface area contributed by atoms with Crippen molar-refractivity contribution in [2.75, 3.05) is 13.1 Å². The van der Waals surface area contributed by atoms with Crippen LogP contribution in [0.2, 0.25) is 0 Å². The number of benzene rings is 1. The standard InChI is InChI=1S/C20H26FN3O/c1-13(2)18-17(20(25)23-11-5-6-12-23)19(14(3)4)24(22-18)16-9-7-15(21)8-10-16/h7-10,13-14H,5-6,11-12H2,1-4H3. The van der Waals surface area contributed by atoms with E-state index in [1.165, 1.54) is 12.1 Å². The summed E-state index contributed by atoms with van der Waals surface area (Å²) in [6.45, 7) is 9.89. The third kappa shape index (κ3) is 3.32. The van der Waals surface area contributed by atoms with Crippen LogP contribution in [0.3, 0.4) is 0 Å². The minimum Gasteiger partial charge on any atom is -0.339 e. The van der Waals surface area contributed by atoms with Crippen LogP contribution in [0.5, 0.6) is 0 Å². The highest BCUT2D eigenvalue weighted by atomic mass is 19.1. The normalized spacial score (nSPS) is 14.8. The van der Waals surface area contributed by atoms with Crippen LogP contribution in [0, 0.1) is 5.82 Å². The van der Waals surface area contributed by atoms with E-state index in [0.29, 0.717) is 0 Å². The van der Waals surface area contributed by atoms with Gasteiger partial charge in [0.05, 0.1) is 22.6 Å². The molecule has 0 unspecified atom stereocenters. The molecule has 0 bridgehead atoms. The summed E-state index contributed by atoms with van der Waals surface area (Å²) in [7, 11) is 0. The Bertz CT molecular complexity index is 756. The van der Waals surface area contributed by atoms with Crippen molar-refractivity contribution in [3.8, 4) is 5.69 Å². The Hall–Kier alpha value is -2.17. The largest absolute Gasteiger partial charge is 0.339 e. The number of hydrogen-bond acceptors (Lipinski definition) is 2. The number of rotatable bonds is 4. The Morgan fingerprint density at radius 2 is 1.64 bits per heavy atom. The van der Waals surface area contributed by atoms with Gasteiger partial charge in [-0.3, -0.25) is 4.79 Å². The lowest BCUT2D eigenvalue weighted by Gasteiger charge is -2.19. The fourth-order valence-electron chi connectivity index (χ4n) is 3.46.